The maximum atomic E-state index is 5.69. The van der Waals surface area contributed by atoms with Crippen LogP contribution in [0, 0.1) is 5.41 Å². The lowest BCUT2D eigenvalue weighted by Gasteiger charge is -2.35. The molecule has 2 N–H and O–H groups in total. The van der Waals surface area contributed by atoms with Crippen molar-refractivity contribution in [2.75, 3.05) is 33.5 Å². The molecule has 0 aromatic rings. The van der Waals surface area contributed by atoms with Gasteiger partial charge in [-0.25, -0.2) is 0 Å². The predicted molar refractivity (Wildman–Crippen MR) is 43.4 cm³/mol. The van der Waals surface area contributed by atoms with Crippen molar-refractivity contribution >= 4 is 0 Å². The molecule has 0 amide bonds. The summed E-state index contributed by atoms with van der Waals surface area (Å²) in [4.78, 5) is 0. The first-order valence-electron chi connectivity index (χ1n) is 4.10. The summed E-state index contributed by atoms with van der Waals surface area (Å²) in [7, 11) is 1.73. The second-order valence-corrected chi connectivity index (χ2v) is 3.25. The summed E-state index contributed by atoms with van der Waals surface area (Å²) in [6, 6.07) is 0. The van der Waals surface area contributed by atoms with Gasteiger partial charge in [0, 0.05) is 32.3 Å². The van der Waals surface area contributed by atoms with Gasteiger partial charge in [0.15, 0.2) is 0 Å². The minimum absolute atomic E-state index is 0.201. The monoisotopic (exact) mass is 159 g/mol. The Bertz CT molecular complexity index is 105. The lowest BCUT2D eigenvalue weighted by atomic mass is 9.81. The molecule has 1 rings (SSSR count). The molecule has 0 atom stereocenters. The molecule has 0 aromatic carbocycles. The van der Waals surface area contributed by atoms with Crippen LogP contribution < -0.4 is 5.73 Å². The number of nitrogens with two attached hydrogens (primary N) is 1. The molecule has 1 heterocycles. The molecule has 0 aliphatic carbocycles. The fraction of sp³-hybridized carbons (Fsp3) is 1.00. The van der Waals surface area contributed by atoms with Crippen molar-refractivity contribution in [1.82, 2.24) is 0 Å². The van der Waals surface area contributed by atoms with Crippen LogP contribution in [0.3, 0.4) is 0 Å². The average Bonchev–Trinajstić information content (AvgIpc) is 2.07. The van der Waals surface area contributed by atoms with Gasteiger partial charge in [0.1, 0.15) is 0 Å². The van der Waals surface area contributed by atoms with Gasteiger partial charge >= 0.3 is 0 Å². The van der Waals surface area contributed by atoms with Gasteiger partial charge in [0.2, 0.25) is 0 Å². The van der Waals surface area contributed by atoms with Crippen LogP contribution in [0.1, 0.15) is 12.8 Å². The first kappa shape index (κ1) is 8.97. The molecule has 1 aliphatic rings. The van der Waals surface area contributed by atoms with Crippen molar-refractivity contribution in [3.63, 3.8) is 0 Å². The van der Waals surface area contributed by atoms with Gasteiger partial charge in [-0.3, -0.25) is 0 Å². The zero-order valence-electron chi connectivity index (χ0n) is 7.14. The van der Waals surface area contributed by atoms with Gasteiger partial charge in [-0.1, -0.05) is 0 Å². The van der Waals surface area contributed by atoms with Crippen LogP contribution in [0.4, 0.5) is 0 Å². The maximum absolute atomic E-state index is 5.69. The average molecular weight is 159 g/mol. The smallest absolute Gasteiger partial charge is 0.0532 e. The van der Waals surface area contributed by atoms with Gasteiger partial charge < -0.3 is 15.2 Å². The van der Waals surface area contributed by atoms with Crippen molar-refractivity contribution < 1.29 is 9.47 Å². The Morgan fingerprint density at radius 1 is 1.45 bits per heavy atom. The van der Waals surface area contributed by atoms with Crippen LogP contribution in [-0.4, -0.2) is 33.5 Å². The molecule has 0 unspecified atom stereocenters. The van der Waals surface area contributed by atoms with Gasteiger partial charge in [0.25, 0.3) is 0 Å². The molecule has 66 valence electrons. The van der Waals surface area contributed by atoms with Crippen molar-refractivity contribution in [1.29, 1.82) is 0 Å². The van der Waals surface area contributed by atoms with E-state index in [2.05, 4.69) is 0 Å². The van der Waals surface area contributed by atoms with Crippen molar-refractivity contribution in [2.45, 2.75) is 12.8 Å². The van der Waals surface area contributed by atoms with E-state index in [1.807, 2.05) is 0 Å². The molecule has 1 fully saturated rings. The highest BCUT2D eigenvalue weighted by molar-refractivity contribution is 4.82. The standard InChI is InChI=1S/C8H17NO2/c1-10-7-8(6-9)2-4-11-5-3-8/h2-7,9H2,1H3. The highest BCUT2D eigenvalue weighted by Gasteiger charge is 2.30. The first-order chi connectivity index (χ1) is 5.33. The zero-order valence-corrected chi connectivity index (χ0v) is 7.14. The summed E-state index contributed by atoms with van der Waals surface area (Å²) < 4.78 is 10.4. The van der Waals surface area contributed by atoms with E-state index >= 15 is 0 Å². The topological polar surface area (TPSA) is 44.5 Å². The van der Waals surface area contributed by atoms with Gasteiger partial charge in [-0.05, 0) is 12.8 Å². The summed E-state index contributed by atoms with van der Waals surface area (Å²) in [6.45, 7) is 3.15. The van der Waals surface area contributed by atoms with E-state index in [0.717, 1.165) is 32.7 Å². The van der Waals surface area contributed by atoms with Crippen molar-refractivity contribution in [3.05, 3.63) is 0 Å². The van der Waals surface area contributed by atoms with E-state index in [1.54, 1.807) is 7.11 Å². The third-order valence-electron chi connectivity index (χ3n) is 2.44. The molecular weight excluding hydrogens is 142 g/mol. The Balaban J connectivity index is 2.42. The Labute approximate surface area is 67.9 Å². The van der Waals surface area contributed by atoms with E-state index in [1.165, 1.54) is 0 Å². The molecule has 1 aliphatic heterocycles. The molecule has 0 aromatic heterocycles. The quantitative estimate of drug-likeness (QED) is 0.647. The van der Waals surface area contributed by atoms with Gasteiger partial charge in [-0.2, -0.15) is 0 Å². The van der Waals surface area contributed by atoms with Crippen LogP contribution in [0.2, 0.25) is 0 Å². The number of hydrogen-bond acceptors (Lipinski definition) is 3. The Hall–Kier alpha value is -0.120. The minimum Gasteiger partial charge on any atom is -0.384 e. The SMILES string of the molecule is COCC1(CN)CCOCC1. The van der Waals surface area contributed by atoms with Crippen molar-refractivity contribution in [2.24, 2.45) is 11.1 Å². The summed E-state index contributed by atoms with van der Waals surface area (Å²) in [5.74, 6) is 0. The Morgan fingerprint density at radius 2 is 2.09 bits per heavy atom. The van der Waals surface area contributed by atoms with Crippen molar-refractivity contribution in [3.8, 4) is 0 Å². The van der Waals surface area contributed by atoms with Crippen LogP contribution in [0.25, 0.3) is 0 Å². The van der Waals surface area contributed by atoms with E-state index in [9.17, 15) is 0 Å². The maximum Gasteiger partial charge on any atom is 0.0532 e. The van der Waals surface area contributed by atoms with E-state index in [0.29, 0.717) is 6.54 Å². The summed E-state index contributed by atoms with van der Waals surface area (Å²) >= 11 is 0. The summed E-state index contributed by atoms with van der Waals surface area (Å²) in [5.41, 5.74) is 5.89. The number of hydrogen-bond donors (Lipinski definition) is 1. The normalized spacial score (nSPS) is 23.5. The van der Waals surface area contributed by atoms with Crippen LogP contribution in [0.5, 0.6) is 0 Å². The third-order valence-corrected chi connectivity index (χ3v) is 2.44. The largest absolute Gasteiger partial charge is 0.384 e. The fourth-order valence-electron chi connectivity index (χ4n) is 1.52. The number of ether oxygens (including phenoxy) is 2. The Morgan fingerprint density at radius 3 is 2.55 bits per heavy atom. The second-order valence-electron chi connectivity index (χ2n) is 3.25. The minimum atomic E-state index is 0.201. The van der Waals surface area contributed by atoms with E-state index in [4.69, 9.17) is 15.2 Å². The van der Waals surface area contributed by atoms with E-state index < -0.39 is 0 Å². The van der Waals surface area contributed by atoms with Crippen LogP contribution in [0.15, 0.2) is 0 Å². The van der Waals surface area contributed by atoms with E-state index in [-0.39, 0.29) is 5.41 Å². The zero-order chi connectivity index (χ0) is 8.16. The second kappa shape index (κ2) is 4.04. The highest BCUT2D eigenvalue weighted by atomic mass is 16.5. The summed E-state index contributed by atoms with van der Waals surface area (Å²) in [6.07, 6.45) is 2.08. The molecule has 0 spiro atoms. The highest BCUT2D eigenvalue weighted by Crippen LogP contribution is 2.29. The molecule has 1 saturated heterocycles. The number of methoxy groups -OCH3 is 1. The third kappa shape index (κ3) is 2.15. The predicted octanol–water partition coefficient (Wildman–Crippen LogP) is 0.388. The first-order valence-corrected chi connectivity index (χ1v) is 4.10. The number of rotatable bonds is 3. The Kier molecular flexibility index (Phi) is 3.30. The lowest BCUT2D eigenvalue weighted by molar-refractivity contribution is -0.0225. The fourth-order valence-corrected chi connectivity index (χ4v) is 1.52. The summed E-state index contributed by atoms with van der Waals surface area (Å²) in [5, 5.41) is 0. The molecule has 3 nitrogen and oxygen atoms in total. The molecule has 0 bridgehead atoms. The van der Waals surface area contributed by atoms with Gasteiger partial charge in [0.05, 0.1) is 6.61 Å². The molecule has 11 heavy (non-hydrogen) atoms. The lowest BCUT2D eigenvalue weighted by Crippen LogP contribution is -2.40. The van der Waals surface area contributed by atoms with Crippen LogP contribution >= 0.6 is 0 Å². The molecule has 3 heteroatoms. The molecule has 0 radical (unpaired) electrons. The van der Waals surface area contributed by atoms with Gasteiger partial charge in [-0.15, -0.1) is 0 Å². The molecule has 0 saturated carbocycles. The molecular formula is C8H17NO2. The van der Waals surface area contributed by atoms with Crippen LogP contribution in [-0.2, 0) is 9.47 Å².